The molecule has 2 N–H and O–H groups in total. The lowest BCUT2D eigenvalue weighted by Gasteiger charge is -2.57. The maximum atomic E-state index is 13.0. The minimum Gasteiger partial charge on any atom is -0.481 e. The molecule has 2 aromatic carbocycles. The molecule has 2 saturated carbocycles. The van der Waals surface area contributed by atoms with E-state index in [1.807, 2.05) is 12.1 Å². The third kappa shape index (κ3) is 5.02. The number of carbonyl (C=O) groups is 2. The molecule has 50 heavy (non-hydrogen) atoms. The summed E-state index contributed by atoms with van der Waals surface area (Å²) in [6, 6.07) is 7.05. The van der Waals surface area contributed by atoms with Crippen molar-refractivity contribution in [3.8, 4) is 11.5 Å². The molecule has 13 heteroatoms. The Morgan fingerprint density at radius 2 is 1.50 bits per heavy atom. The van der Waals surface area contributed by atoms with Gasteiger partial charge in [0.15, 0.2) is 28.1 Å². The summed E-state index contributed by atoms with van der Waals surface area (Å²) in [7, 11) is 4.41. The number of halogens is 5. The number of likely N-dealkylation sites (N-methyl/N-ethyl adjacent to an activating group) is 2. The first-order valence-electron chi connectivity index (χ1n) is 17.5. The predicted molar refractivity (Wildman–Crippen MR) is 199 cm³/mol. The van der Waals surface area contributed by atoms with E-state index >= 15 is 0 Å². The van der Waals surface area contributed by atoms with E-state index in [0.717, 1.165) is 78.7 Å². The third-order valence-electron chi connectivity index (χ3n) is 13.4. The van der Waals surface area contributed by atoms with Crippen LogP contribution in [-0.2, 0) is 46.5 Å². The molecule has 4 heterocycles. The molecule has 9 atom stereocenters. The van der Waals surface area contributed by atoms with E-state index in [1.165, 1.54) is 22.3 Å². The lowest BCUT2D eigenvalue weighted by Crippen LogP contribution is -2.67. The number of nitrogens with zero attached hydrogens (tertiary/aromatic N) is 2. The molecule has 8 aliphatic rings. The van der Waals surface area contributed by atoms with Crippen LogP contribution in [0.25, 0.3) is 0 Å². The van der Waals surface area contributed by atoms with Crippen molar-refractivity contribution < 1.29 is 29.3 Å². The lowest BCUT2D eigenvalue weighted by molar-refractivity contribution is -0.138. The molecule has 270 valence electrons. The van der Waals surface area contributed by atoms with Gasteiger partial charge in [-0.15, -0.1) is 0 Å². The lowest BCUT2D eigenvalue weighted by atomic mass is 9.51. The molecule has 0 amide bonds. The molecule has 8 nitrogen and oxygen atoms in total. The van der Waals surface area contributed by atoms with Crippen LogP contribution in [0.2, 0.25) is 0 Å². The summed E-state index contributed by atoms with van der Waals surface area (Å²) in [5, 5.41) is 19.5. The van der Waals surface area contributed by atoms with E-state index in [2.05, 4.69) is 61.8 Å². The second-order valence-corrected chi connectivity index (χ2v) is 19.2. The van der Waals surface area contributed by atoms with E-state index in [9.17, 15) is 19.8 Å². The fourth-order valence-electron chi connectivity index (χ4n) is 11.4. The smallest absolute Gasteiger partial charge is 0.187 e. The highest BCUT2D eigenvalue weighted by Crippen LogP contribution is 2.64. The number of benzene rings is 2. The van der Waals surface area contributed by atoms with Crippen molar-refractivity contribution in [2.24, 2.45) is 11.8 Å². The van der Waals surface area contributed by atoms with E-state index < -0.39 is 10.4 Å². The van der Waals surface area contributed by atoms with Crippen LogP contribution >= 0.6 is 66.7 Å². The van der Waals surface area contributed by atoms with Crippen LogP contribution < -0.4 is 9.47 Å². The van der Waals surface area contributed by atoms with Crippen molar-refractivity contribution >= 4 is 78.2 Å². The first kappa shape index (κ1) is 36.0. The Morgan fingerprint density at radius 3 is 2.16 bits per heavy atom. The summed E-state index contributed by atoms with van der Waals surface area (Å²) >= 11 is 21.7. The number of likely N-dealkylation sites (tertiary alicyclic amines) is 2. The second-order valence-electron chi connectivity index (χ2n) is 15.3. The number of piperidine rings is 2. The van der Waals surface area contributed by atoms with Crippen molar-refractivity contribution in [2.45, 2.75) is 102 Å². The van der Waals surface area contributed by atoms with Crippen molar-refractivity contribution in [1.29, 1.82) is 0 Å². The van der Waals surface area contributed by atoms with Gasteiger partial charge in [-0.1, -0.05) is 78.8 Å². The zero-order valence-corrected chi connectivity index (χ0v) is 33.4. The number of hydrogen-bond donors (Lipinski definition) is 2. The van der Waals surface area contributed by atoms with E-state index in [-0.39, 0.29) is 46.5 Å². The Balaban J connectivity index is 0.000000131. The Morgan fingerprint density at radius 1 is 0.900 bits per heavy atom. The van der Waals surface area contributed by atoms with Gasteiger partial charge in [-0.3, -0.25) is 9.59 Å². The maximum absolute atomic E-state index is 13.0. The van der Waals surface area contributed by atoms with Crippen LogP contribution in [0.4, 0.5) is 0 Å². The largest absolute Gasteiger partial charge is 0.481 e. The Labute approximate surface area is 324 Å². The molecular formula is C37H41Br2Cl3N2O6. The molecule has 4 bridgehead atoms. The third-order valence-corrected chi connectivity index (χ3v) is 15.0. The van der Waals surface area contributed by atoms with Gasteiger partial charge in [-0.25, -0.2) is 0 Å². The highest BCUT2D eigenvalue weighted by Gasteiger charge is 2.68. The predicted octanol–water partition coefficient (Wildman–Crippen LogP) is 5.96. The molecule has 2 aromatic rings. The first-order valence-corrected chi connectivity index (χ1v) is 20.5. The highest BCUT2D eigenvalue weighted by atomic mass is 79.9. The number of ether oxygens (including phenoxy) is 2. The number of alkyl halides is 4. The number of hydrogen-bond acceptors (Lipinski definition) is 8. The number of aliphatic hydroxyl groups is 2. The van der Waals surface area contributed by atoms with Gasteiger partial charge in [-0.2, -0.15) is 0 Å². The normalized spacial score (nSPS) is 36.7. The minimum absolute atomic E-state index is 0.0202. The number of Topliss-reactive ketones (excluding diaryl/α,β-unsaturated/α-hetero) is 2. The Bertz CT molecular complexity index is 1760. The van der Waals surface area contributed by atoms with Gasteiger partial charge < -0.3 is 29.5 Å². The average molecular weight is 876 g/mol. The van der Waals surface area contributed by atoms with Crippen LogP contribution in [0.15, 0.2) is 22.7 Å². The van der Waals surface area contributed by atoms with Crippen LogP contribution in [0.5, 0.6) is 11.5 Å². The SMILES string of the molecule is CN1CC[C@@]23c4c5c(Br)cc(CO)c4O[C@@H]2C(=O)C(Br)CC3C1C5.CN1CC[C@@]23c4c5ccc(CO)c4O[C@@H]2C(=O)CCC3C1C5.ClC(Cl)Cl. The summed E-state index contributed by atoms with van der Waals surface area (Å²) in [6.07, 6.45) is 5.72. The van der Waals surface area contributed by atoms with Crippen LogP contribution in [-0.4, -0.2) is 92.2 Å². The summed E-state index contributed by atoms with van der Waals surface area (Å²) < 4.78 is 12.8. The Hall–Kier alpha value is -0.950. The van der Waals surface area contributed by atoms with E-state index in [4.69, 9.17) is 44.3 Å². The minimum atomic E-state index is -0.750. The van der Waals surface area contributed by atoms with Crippen molar-refractivity contribution in [3.63, 3.8) is 0 Å². The second kappa shape index (κ2) is 13.1. The molecule has 4 fully saturated rings. The zero-order chi connectivity index (χ0) is 35.4. The van der Waals surface area contributed by atoms with Crippen LogP contribution in [0.3, 0.4) is 0 Å². The maximum Gasteiger partial charge on any atom is 0.187 e. The quantitative estimate of drug-likeness (QED) is 0.358. The van der Waals surface area contributed by atoms with Gasteiger partial charge in [0, 0.05) is 56.1 Å². The number of rotatable bonds is 2. The highest BCUT2D eigenvalue weighted by molar-refractivity contribution is 9.10. The van der Waals surface area contributed by atoms with E-state index in [0.29, 0.717) is 30.3 Å². The van der Waals surface area contributed by atoms with Crippen molar-refractivity contribution in [1.82, 2.24) is 9.80 Å². The molecule has 10 rings (SSSR count). The fourth-order valence-corrected chi connectivity index (χ4v) is 12.7. The number of carbonyl (C=O) groups excluding carboxylic acids is 2. The molecule has 4 aliphatic heterocycles. The van der Waals surface area contributed by atoms with Crippen LogP contribution in [0, 0.1) is 11.8 Å². The van der Waals surface area contributed by atoms with E-state index in [1.54, 1.807) is 0 Å². The van der Waals surface area contributed by atoms with Gasteiger partial charge in [0.2, 0.25) is 0 Å². The first-order chi connectivity index (χ1) is 23.9. The molecule has 0 aromatic heterocycles. The topological polar surface area (TPSA) is 99.5 Å². The zero-order valence-electron chi connectivity index (χ0n) is 27.9. The number of aliphatic hydroxyl groups excluding tert-OH is 2. The van der Waals surface area contributed by atoms with Crippen molar-refractivity contribution in [3.05, 3.63) is 56.1 Å². The molecule has 5 unspecified atom stereocenters. The monoisotopic (exact) mass is 872 g/mol. The Kier molecular flexibility index (Phi) is 9.46. The molecule has 4 aliphatic carbocycles. The van der Waals surface area contributed by atoms with Crippen LogP contribution in [0.1, 0.15) is 65.5 Å². The summed E-state index contributed by atoms with van der Waals surface area (Å²) in [5.74, 6) is 2.96. The molecule has 2 spiro atoms. The van der Waals surface area contributed by atoms with Crippen molar-refractivity contribution in [2.75, 3.05) is 27.2 Å². The fraction of sp³-hybridized carbons (Fsp3) is 0.622. The number of ketones is 2. The van der Waals surface area contributed by atoms with Gasteiger partial charge in [-0.05, 0) is 94.7 Å². The summed E-state index contributed by atoms with van der Waals surface area (Å²) in [4.78, 5) is 30.4. The summed E-state index contributed by atoms with van der Waals surface area (Å²) in [5.41, 5.74) is 6.39. The molecule has 2 saturated heterocycles. The summed E-state index contributed by atoms with van der Waals surface area (Å²) in [6.45, 7) is 1.93. The van der Waals surface area contributed by atoms with Gasteiger partial charge in [0.1, 0.15) is 11.5 Å². The van der Waals surface area contributed by atoms with Gasteiger partial charge in [0.25, 0.3) is 0 Å². The standard InChI is InChI=1S/C18H19Br2NO3.C18H21NO3.CHCl3/c1-21-3-2-18-10-6-12(20)15(23)17(18)24-16-8(7-22)4-11(19)9(14(16)18)5-13(10)21;1-19-7-6-18-12-4-5-14(21)17(18)22-16-11(9-20)3-2-10(15(16)18)8-13(12)19;2-1(3)4/h4,10,12-13,17,22H,2-3,5-7H2,1H3;2-3,12-13,17,20H,4-9H2,1H3;1H/t10?,12?,13?,17-,18-;12?,13?,17-,18-;/m11./s1. The van der Waals surface area contributed by atoms with Gasteiger partial charge >= 0.3 is 0 Å². The molecule has 0 radical (unpaired) electrons. The van der Waals surface area contributed by atoms with Gasteiger partial charge in [0.05, 0.1) is 18.0 Å². The average Bonchev–Trinajstić information content (AvgIpc) is 3.62. The molecular weight excluding hydrogens is 835 g/mol.